The molecule has 1 aromatic rings. The van der Waals surface area contributed by atoms with Crippen LogP contribution in [0.2, 0.25) is 0 Å². The van der Waals surface area contributed by atoms with Crippen molar-refractivity contribution in [3.8, 4) is 0 Å². The Morgan fingerprint density at radius 1 is 0.867 bits per heavy atom. The summed E-state index contributed by atoms with van der Waals surface area (Å²) in [5.41, 5.74) is 4.27. The zero-order chi connectivity index (χ0) is 22.8. The number of hydrogen-bond acceptors (Lipinski definition) is 4. The van der Waals surface area contributed by atoms with Crippen molar-refractivity contribution in [1.82, 2.24) is 0 Å². The van der Waals surface area contributed by atoms with Gasteiger partial charge in [0.05, 0.1) is 19.8 Å². The summed E-state index contributed by atoms with van der Waals surface area (Å²) in [4.78, 5) is 0. The van der Waals surface area contributed by atoms with Crippen LogP contribution in [0.1, 0.15) is 77.5 Å². The molecule has 0 aromatic heterocycles. The Balaban J connectivity index is 2.92. The zero-order valence-electron chi connectivity index (χ0n) is 19.8. The van der Waals surface area contributed by atoms with Gasteiger partial charge in [-0.3, -0.25) is 13.6 Å². The summed E-state index contributed by atoms with van der Waals surface area (Å²) in [5.74, 6) is 0. The van der Waals surface area contributed by atoms with Gasteiger partial charge >= 0.3 is 7.82 Å². The molecule has 0 aliphatic rings. The maximum absolute atomic E-state index is 12.6. The molecule has 0 fully saturated rings. The van der Waals surface area contributed by atoms with Crippen LogP contribution in [0.3, 0.4) is 0 Å². The Kier molecular flexibility index (Phi) is 10.7. The molecule has 1 rings (SSSR count). The highest BCUT2D eigenvalue weighted by atomic mass is 31.2. The zero-order valence-corrected chi connectivity index (χ0v) is 20.7. The molecule has 170 valence electrons. The molecule has 1 aromatic carbocycles. The van der Waals surface area contributed by atoms with Crippen molar-refractivity contribution in [2.75, 3.05) is 19.8 Å². The molecule has 0 saturated heterocycles. The van der Waals surface area contributed by atoms with E-state index in [-0.39, 0.29) is 24.0 Å². The largest absolute Gasteiger partial charge is 0.475 e. The van der Waals surface area contributed by atoms with E-state index in [1.165, 1.54) is 28.8 Å². The molecule has 0 aliphatic carbocycles. The van der Waals surface area contributed by atoms with Crippen LogP contribution in [-0.4, -0.2) is 19.8 Å². The third-order valence-corrected chi connectivity index (χ3v) is 7.31. The molecule has 30 heavy (non-hydrogen) atoms. The number of hydrogen-bond donors (Lipinski definition) is 0. The predicted octanol–water partition coefficient (Wildman–Crippen LogP) is 7.52. The van der Waals surface area contributed by atoms with Crippen molar-refractivity contribution in [3.63, 3.8) is 0 Å². The number of phosphoric ester groups is 1. The minimum absolute atomic E-state index is 0.109. The van der Waals surface area contributed by atoms with Gasteiger partial charge in [-0.15, -0.1) is 13.2 Å². The van der Waals surface area contributed by atoms with Gasteiger partial charge in [-0.05, 0) is 53.2 Å². The molecule has 5 heteroatoms. The lowest BCUT2D eigenvalue weighted by atomic mass is 9.75. The van der Waals surface area contributed by atoms with Crippen LogP contribution in [0.5, 0.6) is 0 Å². The van der Waals surface area contributed by atoms with E-state index in [9.17, 15) is 4.57 Å². The standard InChI is InChI=1S/C25H41O4P/c1-9-15-27-30(26,28-16-10-2)29-17-13-14-21-18-22(24(5,6)11-3)20-23(19-21)25(7,8)12-4/h9-10,18-20H,1-2,11-17H2,3-8H3. The van der Waals surface area contributed by atoms with Crippen molar-refractivity contribution < 1.29 is 18.1 Å². The van der Waals surface area contributed by atoms with E-state index in [0.717, 1.165) is 25.7 Å². The number of benzene rings is 1. The van der Waals surface area contributed by atoms with Gasteiger partial charge in [0.2, 0.25) is 0 Å². The third kappa shape index (κ3) is 8.15. The minimum Gasteiger partial charge on any atom is -0.287 e. The fourth-order valence-electron chi connectivity index (χ4n) is 2.88. The van der Waals surface area contributed by atoms with Crippen LogP contribution in [0.25, 0.3) is 0 Å². The Morgan fingerprint density at radius 2 is 1.33 bits per heavy atom. The van der Waals surface area contributed by atoms with Crippen LogP contribution in [0, 0.1) is 0 Å². The van der Waals surface area contributed by atoms with E-state index in [4.69, 9.17) is 13.6 Å². The molecule has 0 aliphatic heterocycles. The second-order valence-corrected chi connectivity index (χ2v) is 10.6. The predicted molar refractivity (Wildman–Crippen MR) is 127 cm³/mol. The average molecular weight is 437 g/mol. The van der Waals surface area contributed by atoms with E-state index < -0.39 is 7.82 Å². The van der Waals surface area contributed by atoms with Gasteiger partial charge in [-0.1, -0.05) is 71.9 Å². The SMILES string of the molecule is C=CCOP(=O)(OCC=C)OCCCc1cc(C(C)(C)CC)cc(C(C)(C)CC)c1. The van der Waals surface area contributed by atoms with Crippen molar-refractivity contribution in [1.29, 1.82) is 0 Å². The molecule has 0 unspecified atom stereocenters. The minimum atomic E-state index is -3.60. The number of rotatable bonds is 15. The molecule has 0 atom stereocenters. The average Bonchev–Trinajstić information content (AvgIpc) is 2.73. The van der Waals surface area contributed by atoms with Crippen LogP contribution in [-0.2, 0) is 35.4 Å². The Hall–Kier alpha value is -1.19. The summed E-state index contributed by atoms with van der Waals surface area (Å²) < 4.78 is 28.6. The summed E-state index contributed by atoms with van der Waals surface area (Å²) in [7, 11) is -3.60. The van der Waals surface area contributed by atoms with E-state index >= 15 is 0 Å². The smallest absolute Gasteiger partial charge is 0.287 e. The van der Waals surface area contributed by atoms with Gasteiger partial charge < -0.3 is 0 Å². The maximum atomic E-state index is 12.6. The molecule has 0 N–H and O–H groups in total. The molecule has 0 radical (unpaired) electrons. The quantitative estimate of drug-likeness (QED) is 0.162. The lowest BCUT2D eigenvalue weighted by Crippen LogP contribution is -2.20. The molecule has 0 saturated carbocycles. The first-order chi connectivity index (χ1) is 14.0. The lowest BCUT2D eigenvalue weighted by molar-refractivity contribution is 0.130. The van der Waals surface area contributed by atoms with Gasteiger partial charge in [0.1, 0.15) is 0 Å². The van der Waals surface area contributed by atoms with Crippen LogP contribution in [0.4, 0.5) is 0 Å². The molecular weight excluding hydrogens is 395 g/mol. The number of aryl methyl sites for hydroxylation is 1. The number of phosphoric acid groups is 1. The molecule has 0 amide bonds. The first kappa shape index (κ1) is 26.8. The van der Waals surface area contributed by atoms with Crippen molar-refractivity contribution in [3.05, 3.63) is 60.2 Å². The monoisotopic (exact) mass is 436 g/mol. The Labute approximate surface area is 184 Å². The van der Waals surface area contributed by atoms with Crippen molar-refractivity contribution in [2.24, 2.45) is 0 Å². The second-order valence-electron chi connectivity index (χ2n) is 8.95. The van der Waals surface area contributed by atoms with Crippen LogP contribution < -0.4 is 0 Å². The summed E-state index contributed by atoms with van der Waals surface area (Å²) in [6.07, 6.45) is 6.76. The van der Waals surface area contributed by atoms with E-state index in [2.05, 4.69) is 72.9 Å². The van der Waals surface area contributed by atoms with Crippen molar-refractivity contribution in [2.45, 2.75) is 78.1 Å². The highest BCUT2D eigenvalue weighted by Gasteiger charge is 2.26. The van der Waals surface area contributed by atoms with Crippen molar-refractivity contribution >= 4 is 7.82 Å². The topological polar surface area (TPSA) is 44.8 Å². The summed E-state index contributed by atoms with van der Waals surface area (Å²) in [6, 6.07) is 6.98. The van der Waals surface area contributed by atoms with E-state index in [0.29, 0.717) is 6.61 Å². The normalized spacial score (nSPS) is 12.7. The Morgan fingerprint density at radius 3 is 1.73 bits per heavy atom. The van der Waals surface area contributed by atoms with E-state index in [1.54, 1.807) is 0 Å². The molecule has 0 bridgehead atoms. The van der Waals surface area contributed by atoms with Gasteiger partial charge in [0, 0.05) is 0 Å². The van der Waals surface area contributed by atoms with Crippen LogP contribution in [0.15, 0.2) is 43.5 Å². The highest BCUT2D eigenvalue weighted by molar-refractivity contribution is 7.48. The molecule has 0 spiro atoms. The Bertz CT molecular complexity index is 686. The first-order valence-electron chi connectivity index (χ1n) is 10.9. The summed E-state index contributed by atoms with van der Waals surface area (Å²) in [5, 5.41) is 0. The highest BCUT2D eigenvalue weighted by Crippen LogP contribution is 2.49. The van der Waals surface area contributed by atoms with E-state index in [1.807, 2.05) is 0 Å². The molecule has 0 heterocycles. The fraction of sp³-hybridized carbons (Fsp3) is 0.600. The molecular formula is C25H41O4P. The van der Waals surface area contributed by atoms with Crippen LogP contribution >= 0.6 is 7.82 Å². The third-order valence-electron chi connectivity index (χ3n) is 5.88. The van der Waals surface area contributed by atoms with Gasteiger partial charge in [0.15, 0.2) is 0 Å². The maximum Gasteiger partial charge on any atom is 0.475 e. The van der Waals surface area contributed by atoms with Gasteiger partial charge in [0.25, 0.3) is 0 Å². The van der Waals surface area contributed by atoms with Gasteiger partial charge in [-0.25, -0.2) is 4.57 Å². The first-order valence-corrected chi connectivity index (χ1v) is 12.4. The summed E-state index contributed by atoms with van der Waals surface area (Å²) >= 11 is 0. The fourth-order valence-corrected chi connectivity index (χ4v) is 4.03. The second kappa shape index (κ2) is 12.0. The van der Waals surface area contributed by atoms with Gasteiger partial charge in [-0.2, -0.15) is 0 Å². The molecule has 4 nitrogen and oxygen atoms in total. The summed E-state index contributed by atoms with van der Waals surface area (Å²) in [6.45, 7) is 21.3. The lowest BCUT2D eigenvalue weighted by Gasteiger charge is -2.29.